The fraction of sp³-hybridized carbons (Fsp3) is 0.524. The SMILES string of the molecule is CC(C)(O)C12CC(C1)N(c1cc(Nc3cnn(C4CC4)c3)c(C=N)cc1Cl)C2. The van der Waals surface area contributed by atoms with E-state index in [0.29, 0.717) is 17.1 Å². The number of benzene rings is 1. The molecule has 7 heteroatoms. The van der Waals surface area contributed by atoms with Crippen molar-refractivity contribution in [3.63, 3.8) is 0 Å². The number of aromatic nitrogens is 2. The first-order valence-electron chi connectivity index (χ1n) is 9.94. The highest BCUT2D eigenvalue weighted by Gasteiger charge is 2.61. The summed E-state index contributed by atoms with van der Waals surface area (Å²) in [6.07, 6.45) is 9.55. The first-order valence-corrected chi connectivity index (χ1v) is 10.3. The second-order valence-corrected chi connectivity index (χ2v) is 9.54. The van der Waals surface area contributed by atoms with Crippen molar-refractivity contribution in [3.05, 3.63) is 35.1 Å². The molecule has 2 aliphatic carbocycles. The number of fused-ring (bicyclic) bond motifs is 1. The number of halogens is 1. The maximum atomic E-state index is 10.6. The van der Waals surface area contributed by atoms with E-state index in [2.05, 4.69) is 15.3 Å². The van der Waals surface area contributed by atoms with E-state index in [0.717, 1.165) is 42.0 Å². The molecule has 2 bridgehead atoms. The highest BCUT2D eigenvalue weighted by molar-refractivity contribution is 6.33. The lowest BCUT2D eigenvalue weighted by Crippen LogP contribution is -2.50. The van der Waals surface area contributed by atoms with Crippen LogP contribution >= 0.6 is 11.6 Å². The van der Waals surface area contributed by atoms with Crippen LogP contribution in [-0.4, -0.2) is 39.3 Å². The first-order chi connectivity index (χ1) is 13.3. The summed E-state index contributed by atoms with van der Waals surface area (Å²) in [5.74, 6) is 0. The van der Waals surface area contributed by atoms with E-state index < -0.39 is 5.60 Å². The largest absolute Gasteiger partial charge is 0.390 e. The smallest absolute Gasteiger partial charge is 0.0770 e. The van der Waals surface area contributed by atoms with Crippen LogP contribution in [0.15, 0.2) is 24.5 Å². The van der Waals surface area contributed by atoms with Crippen molar-refractivity contribution in [2.75, 3.05) is 16.8 Å². The molecule has 4 aliphatic rings. The van der Waals surface area contributed by atoms with E-state index in [4.69, 9.17) is 17.0 Å². The highest BCUT2D eigenvalue weighted by Crippen LogP contribution is 2.59. The lowest BCUT2D eigenvalue weighted by atomic mass is 9.61. The number of hydrogen-bond donors (Lipinski definition) is 3. The normalized spacial score (nSPS) is 26.3. The molecule has 0 unspecified atom stereocenters. The van der Waals surface area contributed by atoms with Gasteiger partial charge in [-0.25, -0.2) is 0 Å². The molecular formula is C21H26ClN5O. The Hall–Kier alpha value is -2.05. The zero-order valence-electron chi connectivity index (χ0n) is 16.2. The molecule has 6 rings (SSSR count). The molecule has 0 spiro atoms. The Morgan fingerprint density at radius 3 is 2.68 bits per heavy atom. The van der Waals surface area contributed by atoms with Gasteiger partial charge in [0.05, 0.1) is 34.2 Å². The van der Waals surface area contributed by atoms with Crippen molar-refractivity contribution in [1.29, 1.82) is 5.41 Å². The van der Waals surface area contributed by atoms with Gasteiger partial charge in [0.1, 0.15) is 0 Å². The number of rotatable bonds is 6. The topological polar surface area (TPSA) is 77.2 Å². The second-order valence-electron chi connectivity index (χ2n) is 9.13. The number of anilines is 3. The Balaban J connectivity index is 1.45. The molecule has 2 aromatic rings. The molecule has 3 N–H and O–H groups in total. The highest BCUT2D eigenvalue weighted by atomic mass is 35.5. The van der Waals surface area contributed by atoms with Gasteiger partial charge in [0.15, 0.2) is 0 Å². The predicted molar refractivity (Wildman–Crippen MR) is 112 cm³/mol. The van der Waals surface area contributed by atoms with E-state index in [9.17, 15) is 5.11 Å². The van der Waals surface area contributed by atoms with Gasteiger partial charge in [0, 0.05) is 41.7 Å². The Labute approximate surface area is 170 Å². The number of hydrogen-bond acceptors (Lipinski definition) is 5. The lowest BCUT2D eigenvalue weighted by molar-refractivity contribution is -0.0754. The third kappa shape index (κ3) is 2.73. The maximum absolute atomic E-state index is 10.6. The van der Waals surface area contributed by atoms with E-state index >= 15 is 0 Å². The molecule has 1 aromatic heterocycles. The Kier molecular flexibility index (Phi) is 3.84. The van der Waals surface area contributed by atoms with Crippen LogP contribution in [-0.2, 0) is 0 Å². The second kappa shape index (κ2) is 5.97. The van der Waals surface area contributed by atoms with E-state index in [1.54, 1.807) is 0 Å². The number of nitrogens with zero attached hydrogens (tertiary/aromatic N) is 3. The van der Waals surface area contributed by atoms with Gasteiger partial charge >= 0.3 is 0 Å². The third-order valence-corrected chi connectivity index (χ3v) is 7.15. The minimum atomic E-state index is -0.696. The van der Waals surface area contributed by atoms with E-state index in [1.165, 1.54) is 19.1 Å². The summed E-state index contributed by atoms with van der Waals surface area (Å²) in [6, 6.07) is 4.84. The van der Waals surface area contributed by atoms with Crippen molar-refractivity contribution in [2.24, 2.45) is 5.41 Å². The zero-order chi connectivity index (χ0) is 19.7. The summed E-state index contributed by atoms with van der Waals surface area (Å²) in [6.45, 7) is 4.64. The monoisotopic (exact) mass is 399 g/mol. The molecule has 2 aliphatic heterocycles. The Bertz CT molecular complexity index is 937. The quantitative estimate of drug-likeness (QED) is 0.631. The fourth-order valence-electron chi connectivity index (χ4n) is 4.74. The van der Waals surface area contributed by atoms with Crippen molar-refractivity contribution >= 4 is 34.9 Å². The predicted octanol–water partition coefficient (Wildman–Crippen LogP) is 4.35. The van der Waals surface area contributed by atoms with Gasteiger partial charge in [0.2, 0.25) is 0 Å². The van der Waals surface area contributed by atoms with Crippen LogP contribution in [0.4, 0.5) is 17.1 Å². The Morgan fingerprint density at radius 1 is 1.32 bits per heavy atom. The van der Waals surface area contributed by atoms with Crippen LogP contribution in [0.2, 0.25) is 5.02 Å². The van der Waals surface area contributed by atoms with Gasteiger partial charge in [-0.3, -0.25) is 4.68 Å². The van der Waals surface area contributed by atoms with Crippen LogP contribution in [0.25, 0.3) is 0 Å². The van der Waals surface area contributed by atoms with Crippen LogP contribution in [0, 0.1) is 10.8 Å². The summed E-state index contributed by atoms with van der Waals surface area (Å²) in [4.78, 5) is 2.33. The lowest BCUT2D eigenvalue weighted by Gasteiger charge is -2.45. The van der Waals surface area contributed by atoms with Gasteiger partial charge < -0.3 is 20.7 Å². The minimum Gasteiger partial charge on any atom is -0.390 e. The average Bonchev–Trinajstić information content (AvgIpc) is 3.06. The molecular weight excluding hydrogens is 374 g/mol. The van der Waals surface area contributed by atoms with Gasteiger partial charge in [-0.2, -0.15) is 5.10 Å². The standard InChI is InChI=1S/C21H26ClN5O/c1-20(2,28)21-7-16(8-21)26(12-21)19-6-18(13(9-23)5-17(19)22)25-14-10-24-27(11-14)15-3-4-15/h5-6,9-11,15-16,23,25,28H,3-4,7-8,12H2,1-2H3. The molecule has 2 saturated carbocycles. The van der Waals surface area contributed by atoms with Crippen LogP contribution in [0.3, 0.4) is 0 Å². The molecule has 1 aromatic carbocycles. The molecule has 2 saturated heterocycles. The summed E-state index contributed by atoms with van der Waals surface area (Å²) in [5.41, 5.74) is 2.74. The molecule has 3 heterocycles. The third-order valence-electron chi connectivity index (χ3n) is 6.85. The first kappa shape index (κ1) is 18.0. The van der Waals surface area contributed by atoms with Crippen LogP contribution in [0.5, 0.6) is 0 Å². The molecule has 6 nitrogen and oxygen atoms in total. The number of aliphatic hydroxyl groups is 1. The van der Waals surface area contributed by atoms with Gasteiger partial charge in [0.25, 0.3) is 0 Å². The fourth-order valence-corrected chi connectivity index (χ4v) is 5.02. The van der Waals surface area contributed by atoms with Crippen molar-refractivity contribution < 1.29 is 5.11 Å². The number of nitrogens with one attached hydrogen (secondary N) is 2. The van der Waals surface area contributed by atoms with Gasteiger partial charge in [-0.1, -0.05) is 11.6 Å². The summed E-state index contributed by atoms with van der Waals surface area (Å²) >= 11 is 6.61. The molecule has 0 amide bonds. The molecule has 28 heavy (non-hydrogen) atoms. The average molecular weight is 400 g/mol. The Morgan fingerprint density at radius 2 is 2.07 bits per heavy atom. The molecule has 4 fully saturated rings. The molecule has 148 valence electrons. The maximum Gasteiger partial charge on any atom is 0.0770 e. The minimum absolute atomic E-state index is 0.0553. The summed E-state index contributed by atoms with van der Waals surface area (Å²) in [7, 11) is 0. The molecule has 0 radical (unpaired) electrons. The summed E-state index contributed by atoms with van der Waals surface area (Å²) in [5, 5.41) is 26.9. The van der Waals surface area contributed by atoms with Crippen LogP contribution in [0.1, 0.15) is 51.1 Å². The van der Waals surface area contributed by atoms with E-state index in [1.807, 2.05) is 43.1 Å². The van der Waals surface area contributed by atoms with Crippen LogP contribution < -0.4 is 10.2 Å². The zero-order valence-corrected chi connectivity index (χ0v) is 17.0. The van der Waals surface area contributed by atoms with Gasteiger partial charge in [-0.15, -0.1) is 0 Å². The van der Waals surface area contributed by atoms with Crippen molar-refractivity contribution in [1.82, 2.24) is 9.78 Å². The van der Waals surface area contributed by atoms with Crippen molar-refractivity contribution in [3.8, 4) is 0 Å². The van der Waals surface area contributed by atoms with Crippen molar-refractivity contribution in [2.45, 2.75) is 57.2 Å². The summed E-state index contributed by atoms with van der Waals surface area (Å²) < 4.78 is 2.01. The van der Waals surface area contributed by atoms with E-state index in [-0.39, 0.29) is 5.41 Å². The molecule has 0 atom stereocenters. The van der Waals surface area contributed by atoms with Gasteiger partial charge in [-0.05, 0) is 51.7 Å².